The second-order valence-electron chi connectivity index (χ2n) is 14.1. The monoisotopic (exact) mass is 662 g/mol. The largest absolute Gasteiger partial charge is 0.456 e. The fraction of sp³-hybridized carbons (Fsp3) is 0. The third kappa shape index (κ3) is 3.32. The Morgan fingerprint density at radius 3 is 1.19 bits per heavy atom. The highest BCUT2D eigenvalue weighted by Crippen LogP contribution is 2.55. The highest BCUT2D eigenvalue weighted by molar-refractivity contribution is 6.26. The van der Waals surface area contributed by atoms with Gasteiger partial charge in [-0.1, -0.05) is 84.9 Å². The summed E-state index contributed by atoms with van der Waals surface area (Å²) in [6.45, 7) is 0. The molecule has 8 aromatic carbocycles. The molecule has 240 valence electrons. The molecule has 0 saturated carbocycles. The third-order valence-electron chi connectivity index (χ3n) is 11.5. The maximum absolute atomic E-state index is 6.62. The maximum Gasteiger partial charge on any atom is 0.136 e. The lowest BCUT2D eigenvalue weighted by Crippen LogP contribution is -1.99. The van der Waals surface area contributed by atoms with E-state index < -0.39 is 0 Å². The van der Waals surface area contributed by atoms with Gasteiger partial charge in [0.25, 0.3) is 0 Å². The van der Waals surface area contributed by atoms with Crippen LogP contribution in [0, 0.1) is 0 Å². The number of nitrogens with one attached hydrogen (secondary N) is 2. The molecular weight excluding hydrogens is 637 g/mol. The summed E-state index contributed by atoms with van der Waals surface area (Å²) < 4.78 is 13.2. The van der Waals surface area contributed by atoms with Gasteiger partial charge in [-0.25, -0.2) is 0 Å². The van der Waals surface area contributed by atoms with Gasteiger partial charge in [0.1, 0.15) is 22.3 Å². The van der Waals surface area contributed by atoms with E-state index in [0.717, 1.165) is 77.1 Å². The summed E-state index contributed by atoms with van der Waals surface area (Å²) in [7, 11) is 0. The van der Waals surface area contributed by atoms with Gasteiger partial charge < -0.3 is 18.8 Å². The summed E-state index contributed by atoms with van der Waals surface area (Å²) in [5, 5.41) is 9.31. The molecule has 0 spiro atoms. The van der Waals surface area contributed by atoms with Crippen molar-refractivity contribution in [2.75, 3.05) is 0 Å². The number of furan rings is 2. The molecular formula is C48H26N2O2. The first-order valence-corrected chi connectivity index (χ1v) is 17.8. The summed E-state index contributed by atoms with van der Waals surface area (Å²) in [5.74, 6) is 0. The Balaban J connectivity index is 1.32. The van der Waals surface area contributed by atoms with E-state index in [4.69, 9.17) is 8.83 Å². The molecule has 0 bridgehead atoms. The van der Waals surface area contributed by atoms with E-state index in [9.17, 15) is 0 Å². The maximum atomic E-state index is 6.62. The molecule has 13 rings (SSSR count). The number of H-pyrrole nitrogens is 2. The average Bonchev–Trinajstić information content (AvgIpc) is 3.95. The number of benzene rings is 8. The van der Waals surface area contributed by atoms with Gasteiger partial charge in [0.15, 0.2) is 0 Å². The average molecular weight is 663 g/mol. The molecule has 4 heteroatoms. The Morgan fingerprint density at radius 1 is 0.288 bits per heavy atom. The van der Waals surface area contributed by atoms with Crippen LogP contribution in [0.2, 0.25) is 0 Å². The quantitative estimate of drug-likeness (QED) is 0.170. The molecule has 12 aromatic rings. The van der Waals surface area contributed by atoms with Crippen molar-refractivity contribution in [3.05, 3.63) is 146 Å². The minimum absolute atomic E-state index is 0.870. The van der Waals surface area contributed by atoms with Gasteiger partial charge in [-0.3, -0.25) is 0 Å². The van der Waals surface area contributed by atoms with Crippen LogP contribution in [-0.4, -0.2) is 9.97 Å². The Labute approximate surface area is 295 Å². The predicted octanol–water partition coefficient (Wildman–Crippen LogP) is 13.7. The molecule has 0 radical (unpaired) electrons. The zero-order valence-corrected chi connectivity index (χ0v) is 27.7. The van der Waals surface area contributed by atoms with Gasteiger partial charge in [-0.05, 0) is 94.0 Å². The van der Waals surface area contributed by atoms with Gasteiger partial charge in [0, 0.05) is 76.3 Å². The molecule has 0 fully saturated rings. The molecule has 0 atom stereocenters. The fourth-order valence-corrected chi connectivity index (χ4v) is 9.29. The van der Waals surface area contributed by atoms with Gasteiger partial charge in [0.05, 0.1) is 0 Å². The fourth-order valence-electron chi connectivity index (χ4n) is 9.29. The second-order valence-corrected chi connectivity index (χ2v) is 14.1. The zero-order chi connectivity index (χ0) is 33.7. The van der Waals surface area contributed by atoms with Crippen molar-refractivity contribution >= 4 is 87.5 Å². The highest BCUT2D eigenvalue weighted by atomic mass is 16.3. The standard InChI is InChI=1S/C48H26N2O2/c1-5-13-37-29(11-1)47-39(49-37)19-17-27-28-18-20-40-48(30-12-2-6-14-38(30)50-40)46(28)36-22-34-26-10-4-8-16-42(26)52-44(34)24-32(36)31-23-43-33(21-35(31)45(27)47)25-9-3-7-15-41(25)51-43/h1-24,49-50H. The van der Waals surface area contributed by atoms with Crippen LogP contribution < -0.4 is 0 Å². The molecule has 0 unspecified atom stereocenters. The Bertz CT molecular complexity index is 3300. The van der Waals surface area contributed by atoms with Crippen LogP contribution >= 0.6 is 0 Å². The molecule has 4 nitrogen and oxygen atoms in total. The number of hydrogen-bond acceptors (Lipinski definition) is 2. The summed E-state index contributed by atoms with van der Waals surface area (Å²) in [4.78, 5) is 7.50. The van der Waals surface area contributed by atoms with Crippen LogP contribution in [0.3, 0.4) is 0 Å². The summed E-state index contributed by atoms with van der Waals surface area (Å²) in [6, 6.07) is 52.5. The Hall–Kier alpha value is -7.04. The second kappa shape index (κ2) is 9.39. The first-order chi connectivity index (χ1) is 25.8. The summed E-state index contributed by atoms with van der Waals surface area (Å²) >= 11 is 0. The lowest BCUT2D eigenvalue weighted by molar-refractivity contribution is 0.668. The van der Waals surface area contributed by atoms with Gasteiger partial charge in [-0.15, -0.1) is 0 Å². The van der Waals surface area contributed by atoms with E-state index in [1.807, 2.05) is 12.1 Å². The van der Waals surface area contributed by atoms with Crippen molar-refractivity contribution in [2.45, 2.75) is 0 Å². The van der Waals surface area contributed by atoms with Crippen molar-refractivity contribution < 1.29 is 8.83 Å². The number of rotatable bonds is 0. The summed E-state index contributed by atoms with van der Waals surface area (Å²) in [6.07, 6.45) is 0. The predicted molar refractivity (Wildman–Crippen MR) is 215 cm³/mol. The van der Waals surface area contributed by atoms with Crippen LogP contribution in [0.5, 0.6) is 0 Å². The lowest BCUT2D eigenvalue weighted by atomic mass is 9.77. The molecule has 4 heterocycles. The van der Waals surface area contributed by atoms with E-state index >= 15 is 0 Å². The highest BCUT2D eigenvalue weighted by Gasteiger charge is 2.29. The van der Waals surface area contributed by atoms with E-state index in [1.165, 1.54) is 54.9 Å². The molecule has 0 aliphatic heterocycles. The molecule has 0 amide bonds. The minimum Gasteiger partial charge on any atom is -0.456 e. The normalized spacial score (nSPS) is 12.6. The van der Waals surface area contributed by atoms with Crippen molar-refractivity contribution in [1.82, 2.24) is 9.97 Å². The zero-order valence-electron chi connectivity index (χ0n) is 27.7. The Morgan fingerprint density at radius 2 is 0.712 bits per heavy atom. The number of para-hydroxylation sites is 4. The first kappa shape index (κ1) is 26.8. The van der Waals surface area contributed by atoms with Crippen molar-refractivity contribution in [3.63, 3.8) is 0 Å². The Kier molecular flexibility index (Phi) is 4.83. The molecule has 1 aliphatic carbocycles. The molecule has 1 aliphatic rings. The van der Waals surface area contributed by atoms with Crippen LogP contribution in [-0.2, 0) is 0 Å². The first-order valence-electron chi connectivity index (χ1n) is 17.8. The third-order valence-corrected chi connectivity index (χ3v) is 11.5. The van der Waals surface area contributed by atoms with Gasteiger partial charge >= 0.3 is 0 Å². The van der Waals surface area contributed by atoms with Gasteiger partial charge in [-0.2, -0.15) is 0 Å². The van der Waals surface area contributed by atoms with Crippen LogP contribution in [0.25, 0.3) is 132 Å². The van der Waals surface area contributed by atoms with Crippen molar-refractivity contribution in [2.24, 2.45) is 0 Å². The van der Waals surface area contributed by atoms with Crippen LogP contribution in [0.4, 0.5) is 0 Å². The molecule has 0 saturated heterocycles. The molecule has 52 heavy (non-hydrogen) atoms. The van der Waals surface area contributed by atoms with Crippen molar-refractivity contribution in [1.29, 1.82) is 0 Å². The van der Waals surface area contributed by atoms with Crippen LogP contribution in [0.1, 0.15) is 0 Å². The lowest BCUT2D eigenvalue weighted by Gasteiger charge is -2.25. The van der Waals surface area contributed by atoms with E-state index in [1.54, 1.807) is 0 Å². The van der Waals surface area contributed by atoms with Gasteiger partial charge in [0.2, 0.25) is 0 Å². The summed E-state index contributed by atoms with van der Waals surface area (Å²) in [5.41, 5.74) is 17.4. The van der Waals surface area contributed by atoms with E-state index in [-0.39, 0.29) is 0 Å². The van der Waals surface area contributed by atoms with E-state index in [2.05, 4.69) is 143 Å². The van der Waals surface area contributed by atoms with E-state index in [0.29, 0.717) is 0 Å². The van der Waals surface area contributed by atoms with Crippen molar-refractivity contribution in [3.8, 4) is 44.5 Å². The smallest absolute Gasteiger partial charge is 0.136 e. The minimum atomic E-state index is 0.870. The number of aromatic nitrogens is 2. The number of fused-ring (bicyclic) bond motifs is 22. The molecule has 4 aromatic heterocycles. The molecule has 2 N–H and O–H groups in total. The van der Waals surface area contributed by atoms with Crippen LogP contribution in [0.15, 0.2) is 154 Å². The topological polar surface area (TPSA) is 57.9 Å². The number of hydrogen-bond donors (Lipinski definition) is 2. The number of aromatic amines is 2. The SMILES string of the molecule is c1ccc2c(c1)[nH]c1ccc3c(c12)-c1cc2c(cc1-c1cc4oc5ccccc5c4cc1-c1c-3ccc3[nH]c4ccccc4c13)oc1ccccc12.